The van der Waals surface area contributed by atoms with Crippen molar-refractivity contribution in [1.82, 2.24) is 4.98 Å². The van der Waals surface area contributed by atoms with E-state index in [-0.39, 0.29) is 17.3 Å². The topological polar surface area (TPSA) is 95.8 Å². The number of esters is 1. The first-order chi connectivity index (χ1) is 10.1. The van der Waals surface area contributed by atoms with Crippen molar-refractivity contribution in [3.63, 3.8) is 0 Å². The van der Waals surface area contributed by atoms with E-state index in [1.165, 1.54) is 0 Å². The summed E-state index contributed by atoms with van der Waals surface area (Å²) < 4.78 is 4.71. The fourth-order valence-corrected chi connectivity index (χ4v) is 2.11. The molecule has 1 atom stereocenters. The molecular formula is C14H12ClN3O3. The maximum absolute atomic E-state index is 11.6. The summed E-state index contributed by atoms with van der Waals surface area (Å²) in [5.74, 6) is -0.920. The molecule has 2 aromatic rings. The van der Waals surface area contributed by atoms with Gasteiger partial charge >= 0.3 is 11.7 Å². The van der Waals surface area contributed by atoms with Gasteiger partial charge in [0.25, 0.3) is 0 Å². The fourth-order valence-electron chi connectivity index (χ4n) is 1.86. The van der Waals surface area contributed by atoms with Gasteiger partial charge in [-0.25, -0.2) is 9.78 Å². The van der Waals surface area contributed by atoms with Crippen LogP contribution < -0.4 is 0 Å². The molecule has 0 saturated heterocycles. The minimum atomic E-state index is -1.53. The number of aromatic nitrogens is 1. The zero-order valence-electron chi connectivity index (χ0n) is 11.2. The molecule has 0 amide bonds. The third-order valence-corrected chi connectivity index (χ3v) is 3.15. The molecule has 1 unspecified atom stereocenters. The number of nitrogens with zero attached hydrogens (tertiary/aromatic N) is 3. The molecule has 7 heteroatoms. The molecule has 1 aromatic heterocycles. The average Bonchev–Trinajstić information content (AvgIpc) is 2.47. The Morgan fingerprint density at radius 1 is 1.52 bits per heavy atom. The van der Waals surface area contributed by atoms with Crippen LogP contribution in [0.25, 0.3) is 16.4 Å². The van der Waals surface area contributed by atoms with Gasteiger partial charge in [-0.1, -0.05) is 29.8 Å². The van der Waals surface area contributed by atoms with Crippen molar-refractivity contribution >= 4 is 34.2 Å². The van der Waals surface area contributed by atoms with E-state index in [1.54, 1.807) is 37.3 Å². The van der Waals surface area contributed by atoms with Gasteiger partial charge in [0.2, 0.25) is 0 Å². The molecule has 0 bridgehead atoms. The van der Waals surface area contributed by atoms with Crippen molar-refractivity contribution in [2.24, 2.45) is 0 Å². The van der Waals surface area contributed by atoms with Gasteiger partial charge in [-0.05, 0) is 19.1 Å². The first-order valence-corrected chi connectivity index (χ1v) is 6.58. The van der Waals surface area contributed by atoms with Crippen LogP contribution >= 0.6 is 11.6 Å². The number of para-hydroxylation sites is 1. The number of carbonyl (C=O) groups is 1. The van der Waals surface area contributed by atoms with Gasteiger partial charge < -0.3 is 15.4 Å². The van der Waals surface area contributed by atoms with Crippen molar-refractivity contribution in [3.05, 3.63) is 46.6 Å². The van der Waals surface area contributed by atoms with Gasteiger partial charge in [0.15, 0.2) is 6.10 Å². The Morgan fingerprint density at radius 3 is 2.90 bits per heavy atom. The Kier molecular flexibility index (Phi) is 4.65. The Hall–Kier alpha value is -2.27. The first-order valence-electron chi connectivity index (χ1n) is 6.20. The molecule has 2 rings (SSSR count). The highest BCUT2D eigenvalue weighted by Crippen LogP contribution is 2.26. The number of aliphatic hydroxyl groups is 1. The zero-order chi connectivity index (χ0) is 15.4. The average molecular weight is 306 g/mol. The SMILES string of the molecule is CCOC(=O)C(=[N+]=[N-])C(O)c1cc2ccccc2nc1Cl. The number of rotatable bonds is 4. The smallest absolute Gasteiger partial charge is 0.420 e. The van der Waals surface area contributed by atoms with Crippen LogP contribution in [0.5, 0.6) is 0 Å². The molecule has 0 aliphatic rings. The molecule has 0 fully saturated rings. The highest BCUT2D eigenvalue weighted by Gasteiger charge is 2.34. The maximum Gasteiger partial charge on any atom is 0.420 e. The lowest BCUT2D eigenvalue weighted by molar-refractivity contribution is -0.141. The molecule has 1 aromatic carbocycles. The predicted molar refractivity (Wildman–Crippen MR) is 77.0 cm³/mol. The van der Waals surface area contributed by atoms with Crippen molar-refractivity contribution in [1.29, 1.82) is 0 Å². The summed E-state index contributed by atoms with van der Waals surface area (Å²) in [4.78, 5) is 18.6. The lowest BCUT2D eigenvalue weighted by Gasteiger charge is -2.09. The van der Waals surface area contributed by atoms with E-state index >= 15 is 0 Å². The number of hydrogen-bond donors (Lipinski definition) is 1. The van der Waals surface area contributed by atoms with Gasteiger partial charge in [-0.15, -0.1) is 0 Å². The fraction of sp³-hybridized carbons (Fsp3) is 0.214. The Labute approximate surface area is 125 Å². The molecule has 6 nitrogen and oxygen atoms in total. The second-order valence-electron chi connectivity index (χ2n) is 4.17. The number of benzene rings is 1. The van der Waals surface area contributed by atoms with Crippen LogP contribution in [0, 0.1) is 0 Å². The van der Waals surface area contributed by atoms with Crippen LogP contribution in [-0.4, -0.2) is 33.2 Å². The molecule has 0 saturated carbocycles. The molecular weight excluding hydrogens is 294 g/mol. The molecule has 21 heavy (non-hydrogen) atoms. The van der Waals surface area contributed by atoms with E-state index in [2.05, 4.69) is 9.77 Å². The summed E-state index contributed by atoms with van der Waals surface area (Å²) in [5, 5.41) is 11.0. The summed E-state index contributed by atoms with van der Waals surface area (Å²) in [6.45, 7) is 1.69. The Balaban J connectivity index is 2.47. The van der Waals surface area contributed by atoms with E-state index < -0.39 is 17.8 Å². The quantitative estimate of drug-likeness (QED) is 0.308. The van der Waals surface area contributed by atoms with Gasteiger partial charge in [0.1, 0.15) is 5.15 Å². The number of halogens is 1. The van der Waals surface area contributed by atoms with Crippen LogP contribution in [0.15, 0.2) is 30.3 Å². The lowest BCUT2D eigenvalue weighted by Crippen LogP contribution is -2.26. The van der Waals surface area contributed by atoms with Crippen LogP contribution in [0.4, 0.5) is 0 Å². The van der Waals surface area contributed by atoms with E-state index in [4.69, 9.17) is 21.9 Å². The van der Waals surface area contributed by atoms with Crippen LogP contribution in [0.2, 0.25) is 5.15 Å². The standard InChI is InChI=1S/C14H12ClN3O3/c1-2-21-14(20)11(18-16)12(19)9-7-8-5-3-4-6-10(8)17-13(9)15/h3-7,12,19H,2H2,1H3. The number of pyridine rings is 1. The molecule has 0 aliphatic heterocycles. The predicted octanol–water partition coefficient (Wildman–Crippen LogP) is 2.16. The molecule has 0 radical (unpaired) electrons. The van der Waals surface area contributed by atoms with Gasteiger partial charge in [-0.3, -0.25) is 0 Å². The number of ether oxygens (including phenoxy) is 1. The minimum absolute atomic E-state index is 0.0200. The van der Waals surface area contributed by atoms with Gasteiger partial charge in [0, 0.05) is 10.9 Å². The van der Waals surface area contributed by atoms with Crippen LogP contribution in [0.3, 0.4) is 0 Å². The Bertz CT molecular complexity index is 741. The largest absolute Gasteiger partial charge is 0.457 e. The van der Waals surface area contributed by atoms with Gasteiger partial charge in [-0.2, -0.15) is 4.79 Å². The summed E-state index contributed by atoms with van der Waals surface area (Å²) in [6, 6.07) is 8.75. The number of carbonyl (C=O) groups excluding carboxylic acids is 1. The van der Waals surface area contributed by atoms with E-state index in [1.807, 2.05) is 0 Å². The van der Waals surface area contributed by atoms with Crippen LogP contribution in [0.1, 0.15) is 18.6 Å². The number of aliphatic hydroxyl groups excluding tert-OH is 1. The first kappa shape index (κ1) is 15.1. The van der Waals surface area contributed by atoms with E-state index in [0.717, 1.165) is 5.39 Å². The van der Waals surface area contributed by atoms with Crippen molar-refractivity contribution < 1.29 is 19.4 Å². The molecule has 108 valence electrons. The zero-order valence-corrected chi connectivity index (χ0v) is 11.9. The highest BCUT2D eigenvalue weighted by atomic mass is 35.5. The molecule has 1 heterocycles. The van der Waals surface area contributed by atoms with E-state index in [0.29, 0.717) is 5.52 Å². The number of fused-ring (bicyclic) bond motifs is 1. The minimum Gasteiger partial charge on any atom is -0.457 e. The number of hydrogen-bond acceptors (Lipinski definition) is 4. The third-order valence-electron chi connectivity index (χ3n) is 2.85. The summed E-state index contributed by atoms with van der Waals surface area (Å²) in [5.41, 5.74) is 9.19. The van der Waals surface area contributed by atoms with Gasteiger partial charge in [0.05, 0.1) is 12.1 Å². The monoisotopic (exact) mass is 305 g/mol. The van der Waals surface area contributed by atoms with E-state index in [9.17, 15) is 9.90 Å². The second-order valence-corrected chi connectivity index (χ2v) is 4.53. The highest BCUT2D eigenvalue weighted by molar-refractivity contribution is 6.37. The van der Waals surface area contributed by atoms with Crippen molar-refractivity contribution in [3.8, 4) is 0 Å². The summed E-state index contributed by atoms with van der Waals surface area (Å²) >= 11 is 6.02. The second kappa shape index (κ2) is 6.45. The normalized spacial score (nSPS) is 11.8. The van der Waals surface area contributed by atoms with Crippen LogP contribution in [-0.2, 0) is 9.53 Å². The molecule has 0 aliphatic carbocycles. The Morgan fingerprint density at radius 2 is 2.24 bits per heavy atom. The summed E-state index contributed by atoms with van der Waals surface area (Å²) in [7, 11) is 0. The van der Waals surface area contributed by atoms with Crippen molar-refractivity contribution in [2.75, 3.05) is 6.61 Å². The maximum atomic E-state index is 11.6. The van der Waals surface area contributed by atoms with Crippen molar-refractivity contribution in [2.45, 2.75) is 13.0 Å². The third kappa shape index (κ3) is 3.08. The molecule has 1 N–H and O–H groups in total. The summed E-state index contributed by atoms with van der Waals surface area (Å²) in [6.07, 6.45) is -1.53. The lowest BCUT2D eigenvalue weighted by atomic mass is 10.0. The molecule has 0 spiro atoms.